The minimum absolute atomic E-state index is 0.0384. The van der Waals surface area contributed by atoms with Gasteiger partial charge in [0.2, 0.25) is 5.91 Å². The van der Waals surface area contributed by atoms with Crippen LogP contribution in [0.5, 0.6) is 0 Å². The fourth-order valence-corrected chi connectivity index (χ4v) is 5.34. The fourth-order valence-electron chi connectivity index (χ4n) is 4.29. The van der Waals surface area contributed by atoms with Crippen molar-refractivity contribution in [3.63, 3.8) is 0 Å². The molecule has 4 nitrogen and oxygen atoms in total. The summed E-state index contributed by atoms with van der Waals surface area (Å²) in [5, 5.41) is 9.58. The number of nitrogens with zero attached hydrogens (tertiary/aromatic N) is 1. The van der Waals surface area contributed by atoms with Crippen molar-refractivity contribution >= 4 is 40.2 Å². The van der Waals surface area contributed by atoms with Crippen molar-refractivity contribution in [1.29, 1.82) is 0 Å². The van der Waals surface area contributed by atoms with Gasteiger partial charge in [-0.15, -0.1) is 11.3 Å². The maximum atomic E-state index is 12.3. The average Bonchev–Trinajstić information content (AvgIpc) is 3.28. The number of rotatable bonds is 8. The van der Waals surface area contributed by atoms with Crippen molar-refractivity contribution in [2.24, 2.45) is 0 Å². The van der Waals surface area contributed by atoms with Gasteiger partial charge in [0.05, 0.1) is 6.42 Å². The summed E-state index contributed by atoms with van der Waals surface area (Å²) in [4.78, 5) is 16.2. The Morgan fingerprint density at radius 2 is 1.91 bits per heavy atom. The molecule has 0 aliphatic carbocycles. The molecule has 6 heteroatoms. The first-order chi connectivity index (χ1) is 15.5. The second kappa shape index (κ2) is 11.0. The number of nitrogens with one attached hydrogen (secondary N) is 2. The Balaban J connectivity index is 1.22. The van der Waals surface area contributed by atoms with Crippen molar-refractivity contribution < 1.29 is 4.79 Å². The van der Waals surface area contributed by atoms with Gasteiger partial charge in [-0.05, 0) is 79.6 Å². The molecule has 1 aliphatic heterocycles. The summed E-state index contributed by atoms with van der Waals surface area (Å²) < 4.78 is 0. The first-order valence-electron chi connectivity index (χ1n) is 11.2. The quantitative estimate of drug-likeness (QED) is 0.441. The Labute approximate surface area is 199 Å². The normalized spacial score (nSPS) is 15.5. The smallest absolute Gasteiger partial charge is 0.228 e. The van der Waals surface area contributed by atoms with Crippen molar-refractivity contribution in [1.82, 2.24) is 5.32 Å². The minimum Gasteiger partial charge on any atom is -0.371 e. The molecule has 1 unspecified atom stereocenters. The molecule has 1 saturated heterocycles. The van der Waals surface area contributed by atoms with E-state index in [4.69, 9.17) is 11.6 Å². The summed E-state index contributed by atoms with van der Waals surface area (Å²) in [6.07, 6.45) is 3.70. The van der Waals surface area contributed by atoms with Crippen LogP contribution in [0.3, 0.4) is 0 Å². The molecule has 32 heavy (non-hydrogen) atoms. The maximum Gasteiger partial charge on any atom is 0.228 e. The highest BCUT2D eigenvalue weighted by Crippen LogP contribution is 2.23. The van der Waals surface area contributed by atoms with Crippen LogP contribution in [0.25, 0.3) is 0 Å². The lowest BCUT2D eigenvalue weighted by atomic mass is 10.0. The highest BCUT2D eigenvalue weighted by molar-refractivity contribution is 7.09. The van der Waals surface area contributed by atoms with E-state index in [9.17, 15) is 4.79 Å². The summed E-state index contributed by atoms with van der Waals surface area (Å²) in [7, 11) is 0. The summed E-state index contributed by atoms with van der Waals surface area (Å²) in [5.74, 6) is -0.0384. The van der Waals surface area contributed by atoms with E-state index in [0.29, 0.717) is 23.5 Å². The Morgan fingerprint density at radius 1 is 1.12 bits per heavy atom. The molecular formula is C26H30ClN3OS. The van der Waals surface area contributed by atoms with Gasteiger partial charge in [0, 0.05) is 46.4 Å². The number of carbonyl (C=O) groups is 1. The van der Waals surface area contributed by atoms with Crippen molar-refractivity contribution in [2.75, 3.05) is 23.3 Å². The monoisotopic (exact) mass is 467 g/mol. The number of piperidine rings is 1. The molecule has 0 radical (unpaired) electrons. The van der Waals surface area contributed by atoms with Gasteiger partial charge in [-0.1, -0.05) is 29.8 Å². The van der Waals surface area contributed by atoms with E-state index in [0.717, 1.165) is 43.6 Å². The lowest BCUT2D eigenvalue weighted by Gasteiger charge is -2.35. The zero-order valence-electron chi connectivity index (χ0n) is 18.4. The molecule has 1 amide bonds. The molecule has 1 aromatic heterocycles. The van der Waals surface area contributed by atoms with Crippen LogP contribution in [0.15, 0.2) is 66.0 Å². The summed E-state index contributed by atoms with van der Waals surface area (Å²) >= 11 is 7.84. The SMILES string of the molecule is CC(Cc1cccs1)NC1CCN(c2ccc(NC(=O)Cc3cccc(Cl)c3)cc2)CC1. The van der Waals surface area contributed by atoms with Gasteiger partial charge in [0.1, 0.15) is 0 Å². The molecule has 0 bridgehead atoms. The number of carbonyl (C=O) groups excluding carboxylic acids is 1. The van der Waals surface area contributed by atoms with Gasteiger partial charge in [-0.2, -0.15) is 0 Å². The molecule has 1 atom stereocenters. The lowest BCUT2D eigenvalue weighted by Crippen LogP contribution is -2.46. The molecule has 0 spiro atoms. The van der Waals surface area contributed by atoms with E-state index < -0.39 is 0 Å². The van der Waals surface area contributed by atoms with Crippen LogP contribution >= 0.6 is 22.9 Å². The maximum absolute atomic E-state index is 12.3. The second-order valence-electron chi connectivity index (χ2n) is 8.51. The first-order valence-corrected chi connectivity index (χ1v) is 12.5. The third-order valence-electron chi connectivity index (χ3n) is 5.87. The van der Waals surface area contributed by atoms with Crippen LogP contribution in [-0.2, 0) is 17.6 Å². The molecule has 1 fully saturated rings. The van der Waals surface area contributed by atoms with E-state index in [-0.39, 0.29) is 5.91 Å². The largest absolute Gasteiger partial charge is 0.371 e. The van der Waals surface area contributed by atoms with Gasteiger partial charge in [0.25, 0.3) is 0 Å². The van der Waals surface area contributed by atoms with Crippen LogP contribution in [0.2, 0.25) is 5.02 Å². The van der Waals surface area contributed by atoms with E-state index in [1.807, 2.05) is 47.7 Å². The predicted octanol–water partition coefficient (Wildman–Crippen LogP) is 5.77. The van der Waals surface area contributed by atoms with Gasteiger partial charge >= 0.3 is 0 Å². The van der Waals surface area contributed by atoms with E-state index in [1.165, 1.54) is 10.6 Å². The number of amides is 1. The summed E-state index contributed by atoms with van der Waals surface area (Å²) in [6.45, 7) is 4.37. The topological polar surface area (TPSA) is 44.4 Å². The van der Waals surface area contributed by atoms with Crippen LogP contribution in [0.1, 0.15) is 30.2 Å². The number of halogens is 1. The Kier molecular flexibility index (Phi) is 7.85. The minimum atomic E-state index is -0.0384. The van der Waals surface area contributed by atoms with E-state index >= 15 is 0 Å². The van der Waals surface area contributed by atoms with Gasteiger partial charge in [0.15, 0.2) is 0 Å². The molecule has 2 aromatic carbocycles. The van der Waals surface area contributed by atoms with Crippen molar-refractivity contribution in [2.45, 2.75) is 44.7 Å². The van der Waals surface area contributed by atoms with Crippen LogP contribution < -0.4 is 15.5 Å². The molecule has 3 aromatic rings. The number of anilines is 2. The van der Waals surface area contributed by atoms with Gasteiger partial charge < -0.3 is 15.5 Å². The highest BCUT2D eigenvalue weighted by Gasteiger charge is 2.21. The first kappa shape index (κ1) is 22.8. The average molecular weight is 468 g/mol. The Bertz CT molecular complexity index is 998. The molecule has 168 valence electrons. The predicted molar refractivity (Wildman–Crippen MR) is 136 cm³/mol. The number of hydrogen-bond acceptors (Lipinski definition) is 4. The molecule has 1 aliphatic rings. The molecule has 0 saturated carbocycles. The van der Waals surface area contributed by atoms with Gasteiger partial charge in [-0.25, -0.2) is 0 Å². The van der Waals surface area contributed by atoms with Crippen molar-refractivity contribution in [3.8, 4) is 0 Å². The Hall–Kier alpha value is -2.34. The third kappa shape index (κ3) is 6.58. The van der Waals surface area contributed by atoms with E-state index in [1.54, 1.807) is 0 Å². The number of hydrogen-bond donors (Lipinski definition) is 2. The molecule has 2 heterocycles. The standard InChI is InChI=1S/C26H30ClN3OS/c1-19(16-25-6-3-15-32-25)28-23-11-13-30(14-12-23)24-9-7-22(8-10-24)29-26(31)18-20-4-2-5-21(27)17-20/h2-10,15,17,19,23,28H,11-14,16,18H2,1H3,(H,29,31). The van der Waals surface area contributed by atoms with Crippen LogP contribution in [0, 0.1) is 0 Å². The van der Waals surface area contributed by atoms with E-state index in [2.05, 4.69) is 52.1 Å². The fraction of sp³-hybridized carbons (Fsp3) is 0.346. The second-order valence-corrected chi connectivity index (χ2v) is 9.98. The number of thiophene rings is 1. The summed E-state index contributed by atoms with van der Waals surface area (Å²) in [6, 6.07) is 21.0. The third-order valence-corrected chi connectivity index (χ3v) is 7.01. The lowest BCUT2D eigenvalue weighted by molar-refractivity contribution is -0.115. The zero-order valence-corrected chi connectivity index (χ0v) is 20.0. The molecule has 4 rings (SSSR count). The van der Waals surface area contributed by atoms with Crippen LogP contribution in [0.4, 0.5) is 11.4 Å². The molecular weight excluding hydrogens is 438 g/mol. The van der Waals surface area contributed by atoms with Crippen molar-refractivity contribution in [3.05, 3.63) is 81.5 Å². The van der Waals surface area contributed by atoms with Crippen LogP contribution in [-0.4, -0.2) is 31.1 Å². The highest BCUT2D eigenvalue weighted by atomic mass is 35.5. The summed E-state index contributed by atoms with van der Waals surface area (Å²) in [5.41, 5.74) is 2.94. The Morgan fingerprint density at radius 3 is 2.59 bits per heavy atom. The number of benzene rings is 2. The van der Waals surface area contributed by atoms with Gasteiger partial charge in [-0.3, -0.25) is 4.79 Å². The molecule has 2 N–H and O–H groups in total. The zero-order chi connectivity index (χ0) is 22.3.